The minimum Gasteiger partial charge on any atom is -0.493 e. The van der Waals surface area contributed by atoms with Gasteiger partial charge in [-0.25, -0.2) is 4.39 Å². The monoisotopic (exact) mass is 438 g/mol. The molecule has 172 valence electrons. The number of hydrogen-bond donors (Lipinski definition) is 1. The van der Waals surface area contributed by atoms with Gasteiger partial charge in [-0.1, -0.05) is 44.5 Å². The van der Waals surface area contributed by atoms with Gasteiger partial charge < -0.3 is 15.0 Å². The molecular weight excluding hydrogens is 403 g/mol. The van der Waals surface area contributed by atoms with Crippen LogP contribution in [0.2, 0.25) is 0 Å². The number of fused-ring (bicyclic) bond motifs is 2. The summed E-state index contributed by atoms with van der Waals surface area (Å²) in [6.45, 7) is 7.40. The van der Waals surface area contributed by atoms with E-state index >= 15 is 0 Å². The molecule has 2 aromatic carbocycles. The summed E-state index contributed by atoms with van der Waals surface area (Å²) < 4.78 is 19.2. The molecule has 0 unspecified atom stereocenters. The van der Waals surface area contributed by atoms with E-state index in [9.17, 15) is 9.18 Å². The van der Waals surface area contributed by atoms with E-state index in [0.717, 1.165) is 42.8 Å². The lowest BCUT2D eigenvalue weighted by Crippen LogP contribution is -2.58. The topological polar surface area (TPSA) is 41.6 Å². The summed E-state index contributed by atoms with van der Waals surface area (Å²) in [7, 11) is 0. The Labute approximate surface area is 191 Å². The SMILES string of the molecule is CC(C)COc1ccc(CC(=O)N(Cc2ccc(F)cc2)[C@@H]2[C@@H]3CCC[C@H]2CNC3)cc1. The van der Waals surface area contributed by atoms with E-state index in [1.54, 1.807) is 12.1 Å². The second kappa shape index (κ2) is 10.5. The zero-order valence-electron chi connectivity index (χ0n) is 19.2. The average Bonchev–Trinajstić information content (AvgIpc) is 2.77. The van der Waals surface area contributed by atoms with Gasteiger partial charge in [-0.3, -0.25) is 4.79 Å². The molecule has 0 radical (unpaired) electrons. The van der Waals surface area contributed by atoms with Gasteiger partial charge in [0.1, 0.15) is 11.6 Å². The molecule has 0 aromatic heterocycles. The number of amides is 1. The predicted molar refractivity (Wildman–Crippen MR) is 125 cm³/mol. The maximum Gasteiger partial charge on any atom is 0.227 e. The van der Waals surface area contributed by atoms with Gasteiger partial charge in [0.2, 0.25) is 5.91 Å². The molecule has 4 nitrogen and oxygen atoms in total. The molecule has 3 atom stereocenters. The highest BCUT2D eigenvalue weighted by Crippen LogP contribution is 2.36. The van der Waals surface area contributed by atoms with Crippen molar-refractivity contribution in [3.05, 3.63) is 65.5 Å². The van der Waals surface area contributed by atoms with Gasteiger partial charge in [-0.05, 0) is 79.1 Å². The highest BCUT2D eigenvalue weighted by molar-refractivity contribution is 5.79. The van der Waals surface area contributed by atoms with Gasteiger partial charge >= 0.3 is 0 Å². The van der Waals surface area contributed by atoms with Crippen LogP contribution in [0.1, 0.15) is 44.2 Å². The zero-order valence-corrected chi connectivity index (χ0v) is 19.2. The van der Waals surface area contributed by atoms with Gasteiger partial charge in [0.05, 0.1) is 13.0 Å². The van der Waals surface area contributed by atoms with Crippen LogP contribution in [0.4, 0.5) is 4.39 Å². The van der Waals surface area contributed by atoms with Crippen molar-refractivity contribution in [2.45, 2.75) is 52.1 Å². The molecule has 2 bridgehead atoms. The van der Waals surface area contributed by atoms with Crippen LogP contribution in [0, 0.1) is 23.6 Å². The lowest BCUT2D eigenvalue weighted by atomic mass is 9.73. The lowest BCUT2D eigenvalue weighted by molar-refractivity contribution is -0.138. The first-order chi connectivity index (χ1) is 15.5. The minimum absolute atomic E-state index is 0.147. The number of ether oxygens (including phenoxy) is 1. The van der Waals surface area contributed by atoms with Crippen molar-refractivity contribution in [1.29, 1.82) is 0 Å². The second-order valence-corrected chi connectivity index (χ2v) is 9.77. The molecule has 2 fully saturated rings. The largest absolute Gasteiger partial charge is 0.493 e. The highest BCUT2D eigenvalue weighted by Gasteiger charge is 2.41. The quantitative estimate of drug-likeness (QED) is 0.643. The molecule has 4 rings (SSSR count). The molecule has 2 aromatic rings. The fourth-order valence-corrected chi connectivity index (χ4v) is 5.17. The van der Waals surface area contributed by atoms with Crippen molar-refractivity contribution < 1.29 is 13.9 Å². The van der Waals surface area contributed by atoms with Crippen molar-refractivity contribution in [2.75, 3.05) is 19.7 Å². The third-order valence-corrected chi connectivity index (χ3v) is 6.74. The van der Waals surface area contributed by atoms with Crippen molar-refractivity contribution in [3.63, 3.8) is 0 Å². The first-order valence-electron chi connectivity index (χ1n) is 12.0. The van der Waals surface area contributed by atoms with E-state index in [4.69, 9.17) is 4.74 Å². The van der Waals surface area contributed by atoms with Crippen LogP contribution < -0.4 is 10.1 Å². The fourth-order valence-electron chi connectivity index (χ4n) is 5.17. The second-order valence-electron chi connectivity index (χ2n) is 9.77. The molecule has 0 spiro atoms. The van der Waals surface area contributed by atoms with Crippen molar-refractivity contribution in [2.24, 2.45) is 17.8 Å². The summed E-state index contributed by atoms with van der Waals surface area (Å²) >= 11 is 0. The van der Waals surface area contributed by atoms with Crippen LogP contribution in [0.25, 0.3) is 0 Å². The maximum atomic E-state index is 13.6. The smallest absolute Gasteiger partial charge is 0.227 e. The lowest BCUT2D eigenvalue weighted by Gasteiger charge is -2.48. The molecule has 1 saturated heterocycles. The first-order valence-corrected chi connectivity index (χ1v) is 12.0. The van der Waals surface area contributed by atoms with Gasteiger partial charge in [-0.15, -0.1) is 0 Å². The Morgan fingerprint density at radius 1 is 1.03 bits per heavy atom. The Hall–Kier alpha value is -2.40. The third-order valence-electron chi connectivity index (χ3n) is 6.74. The summed E-state index contributed by atoms with van der Waals surface area (Å²) in [6.07, 6.45) is 3.92. The molecule has 1 N–H and O–H groups in total. The first kappa shape index (κ1) is 22.8. The predicted octanol–water partition coefficient (Wildman–Crippen LogP) is 4.82. The van der Waals surface area contributed by atoms with E-state index in [-0.39, 0.29) is 17.8 Å². The summed E-state index contributed by atoms with van der Waals surface area (Å²) in [4.78, 5) is 15.7. The molecule has 5 heteroatoms. The number of carbonyl (C=O) groups excluding carboxylic acids is 1. The third kappa shape index (κ3) is 5.69. The molecule has 1 heterocycles. The molecule has 1 aliphatic carbocycles. The van der Waals surface area contributed by atoms with Crippen molar-refractivity contribution in [3.8, 4) is 5.75 Å². The Morgan fingerprint density at radius 3 is 2.28 bits per heavy atom. The number of benzene rings is 2. The Balaban J connectivity index is 1.51. The number of carbonyl (C=O) groups is 1. The Kier molecular flexibility index (Phi) is 7.46. The normalized spacial score (nSPS) is 22.6. The van der Waals surface area contributed by atoms with Crippen LogP contribution >= 0.6 is 0 Å². The summed E-state index contributed by atoms with van der Waals surface area (Å²) in [5, 5.41) is 3.56. The van der Waals surface area contributed by atoms with E-state index in [0.29, 0.717) is 37.3 Å². The fraction of sp³-hybridized carbons (Fsp3) is 0.519. The number of hydrogen-bond acceptors (Lipinski definition) is 3. The molecule has 32 heavy (non-hydrogen) atoms. The van der Waals surface area contributed by atoms with Gasteiger partial charge in [0.25, 0.3) is 0 Å². The molecule has 1 amide bonds. The minimum atomic E-state index is -0.245. The van der Waals surface area contributed by atoms with Gasteiger partial charge in [0.15, 0.2) is 0 Å². The summed E-state index contributed by atoms with van der Waals surface area (Å²) in [6, 6.07) is 14.7. The Bertz CT molecular complexity index is 860. The van der Waals surface area contributed by atoms with Crippen LogP contribution in [-0.2, 0) is 17.8 Å². The van der Waals surface area contributed by atoms with Crippen LogP contribution in [-0.4, -0.2) is 36.5 Å². The molecule has 1 aliphatic heterocycles. The van der Waals surface area contributed by atoms with E-state index in [1.807, 2.05) is 24.3 Å². The Morgan fingerprint density at radius 2 is 1.66 bits per heavy atom. The number of piperidine rings is 1. The van der Waals surface area contributed by atoms with Gasteiger partial charge in [0, 0.05) is 12.6 Å². The summed E-state index contributed by atoms with van der Waals surface area (Å²) in [5.41, 5.74) is 1.98. The van der Waals surface area contributed by atoms with Gasteiger partial charge in [-0.2, -0.15) is 0 Å². The number of rotatable bonds is 8. The standard InChI is InChI=1S/C27H35FN2O2/c1-19(2)18-32-25-12-8-20(9-13-25)14-26(31)30(17-21-6-10-24(28)11-7-21)27-22-4-3-5-23(27)16-29-15-22/h6-13,19,22-23,27,29H,3-5,14-18H2,1-2H3/t22-,23+,27-. The van der Waals surface area contributed by atoms with Crippen LogP contribution in [0.5, 0.6) is 5.75 Å². The highest BCUT2D eigenvalue weighted by atomic mass is 19.1. The van der Waals surface area contributed by atoms with E-state index < -0.39 is 0 Å². The van der Waals surface area contributed by atoms with Crippen molar-refractivity contribution >= 4 is 5.91 Å². The zero-order chi connectivity index (χ0) is 22.5. The average molecular weight is 439 g/mol. The number of nitrogens with one attached hydrogen (secondary N) is 1. The summed E-state index contributed by atoms with van der Waals surface area (Å²) in [5.74, 6) is 2.18. The molecule has 2 aliphatic rings. The molecule has 1 saturated carbocycles. The van der Waals surface area contributed by atoms with E-state index in [2.05, 4.69) is 24.1 Å². The van der Waals surface area contributed by atoms with E-state index in [1.165, 1.54) is 18.6 Å². The van der Waals surface area contributed by atoms with Crippen molar-refractivity contribution in [1.82, 2.24) is 10.2 Å². The maximum absolute atomic E-state index is 13.6. The molecular formula is C27H35FN2O2. The van der Waals surface area contributed by atoms with Crippen LogP contribution in [0.3, 0.4) is 0 Å². The number of halogens is 1. The van der Waals surface area contributed by atoms with Crippen LogP contribution in [0.15, 0.2) is 48.5 Å². The number of nitrogens with zero attached hydrogens (tertiary/aromatic N) is 1.